The quantitative estimate of drug-likeness (QED) is 0.416. The third kappa shape index (κ3) is 2.83. The highest BCUT2D eigenvalue weighted by atomic mass is 19.4. The van der Waals surface area contributed by atoms with Gasteiger partial charge in [-0.05, 0) is 57.6 Å². The molecule has 0 atom stereocenters. The van der Waals surface area contributed by atoms with Gasteiger partial charge in [-0.1, -0.05) is 50.2 Å². The molecule has 0 amide bonds. The minimum atomic E-state index is -4.47. The van der Waals surface area contributed by atoms with Crippen molar-refractivity contribution in [3.63, 3.8) is 0 Å². The van der Waals surface area contributed by atoms with Crippen LogP contribution in [-0.2, 0) is 11.6 Å². The van der Waals surface area contributed by atoms with Crippen molar-refractivity contribution >= 4 is 0 Å². The van der Waals surface area contributed by atoms with Gasteiger partial charge in [0.15, 0.2) is 0 Å². The van der Waals surface area contributed by atoms with E-state index in [2.05, 4.69) is 54.3 Å². The lowest BCUT2D eigenvalue weighted by Crippen LogP contribution is -2.14. The van der Waals surface area contributed by atoms with Crippen LogP contribution < -0.4 is 0 Å². The monoisotopic (exact) mass is 405 g/mol. The molecule has 0 bridgehead atoms. The number of nitrogens with one attached hydrogen (secondary N) is 1. The Morgan fingerprint density at radius 1 is 0.800 bits per heavy atom. The van der Waals surface area contributed by atoms with E-state index in [0.29, 0.717) is 5.69 Å². The largest absolute Gasteiger partial charge is 0.432 e. The second-order valence-corrected chi connectivity index (χ2v) is 8.03. The molecular formula is C24H18F3N3. The summed E-state index contributed by atoms with van der Waals surface area (Å²) in [5, 5.41) is 5.83. The van der Waals surface area contributed by atoms with Crippen LogP contribution in [-0.4, -0.2) is 15.2 Å². The average Bonchev–Trinajstić information content (AvgIpc) is 3.31. The van der Waals surface area contributed by atoms with Crippen LogP contribution in [0.5, 0.6) is 0 Å². The average molecular weight is 405 g/mol. The maximum atomic E-state index is 12.9. The Kier molecular flexibility index (Phi) is 3.90. The van der Waals surface area contributed by atoms with E-state index >= 15 is 0 Å². The third-order valence-electron chi connectivity index (χ3n) is 5.82. The number of alkyl halides is 3. The van der Waals surface area contributed by atoms with Crippen molar-refractivity contribution in [3.05, 3.63) is 83.7 Å². The van der Waals surface area contributed by atoms with Crippen LogP contribution in [0.4, 0.5) is 13.2 Å². The molecule has 0 fully saturated rings. The van der Waals surface area contributed by atoms with Gasteiger partial charge < -0.3 is 0 Å². The van der Waals surface area contributed by atoms with E-state index in [9.17, 15) is 13.2 Å². The van der Waals surface area contributed by atoms with Crippen LogP contribution in [0.3, 0.4) is 0 Å². The van der Waals surface area contributed by atoms with Gasteiger partial charge in [0.05, 0.1) is 5.69 Å². The van der Waals surface area contributed by atoms with Crippen LogP contribution >= 0.6 is 0 Å². The number of pyridine rings is 1. The molecule has 1 N–H and O–H groups in total. The smallest absolute Gasteiger partial charge is 0.273 e. The molecule has 2 aromatic heterocycles. The summed E-state index contributed by atoms with van der Waals surface area (Å²) in [7, 11) is 0. The third-order valence-corrected chi connectivity index (χ3v) is 5.82. The lowest BCUT2D eigenvalue weighted by Gasteiger charge is -2.22. The number of benzene rings is 2. The summed E-state index contributed by atoms with van der Waals surface area (Å²) < 4.78 is 38.6. The number of aromatic amines is 1. The molecule has 150 valence electrons. The molecule has 0 spiro atoms. The number of nitrogens with zero attached hydrogens (tertiary/aromatic N) is 2. The Balaban J connectivity index is 1.56. The van der Waals surface area contributed by atoms with E-state index in [-0.39, 0.29) is 11.1 Å². The van der Waals surface area contributed by atoms with Crippen molar-refractivity contribution in [1.82, 2.24) is 15.2 Å². The number of hydrogen-bond donors (Lipinski definition) is 1. The molecule has 4 aromatic rings. The predicted octanol–water partition coefficient (Wildman–Crippen LogP) is 6.46. The molecule has 2 aromatic carbocycles. The van der Waals surface area contributed by atoms with Crippen molar-refractivity contribution in [3.8, 4) is 33.6 Å². The number of H-pyrrole nitrogens is 1. The first-order valence-electron chi connectivity index (χ1n) is 9.59. The van der Waals surface area contributed by atoms with Crippen molar-refractivity contribution < 1.29 is 13.2 Å². The first-order chi connectivity index (χ1) is 14.2. The molecule has 30 heavy (non-hydrogen) atoms. The zero-order valence-corrected chi connectivity index (χ0v) is 16.4. The van der Waals surface area contributed by atoms with Crippen LogP contribution in [0.1, 0.15) is 30.7 Å². The van der Waals surface area contributed by atoms with Crippen molar-refractivity contribution in [2.75, 3.05) is 0 Å². The number of halogens is 3. The fourth-order valence-electron chi connectivity index (χ4n) is 4.23. The Labute approximate surface area is 171 Å². The van der Waals surface area contributed by atoms with E-state index in [1.807, 2.05) is 23.3 Å². The molecule has 2 heterocycles. The Bertz CT molecular complexity index is 1270. The zero-order valence-electron chi connectivity index (χ0n) is 16.4. The van der Waals surface area contributed by atoms with Crippen LogP contribution in [0.25, 0.3) is 33.6 Å². The molecule has 0 unspecified atom stereocenters. The standard InChI is InChI=1S/C24H18F3N3/c1-23(2)18-6-4-3-5-16(18)17-8-7-14(11-19(17)23)15-9-10-28-20(12-15)21-13-22(30-29-21)24(25,26)27/h3-13H,1-2H3,(H,29,30). The molecule has 1 aliphatic rings. The van der Waals surface area contributed by atoms with Gasteiger partial charge in [0.2, 0.25) is 0 Å². The molecule has 3 nitrogen and oxygen atoms in total. The second-order valence-electron chi connectivity index (χ2n) is 8.03. The molecule has 0 saturated heterocycles. The molecule has 0 aliphatic heterocycles. The summed E-state index contributed by atoms with van der Waals surface area (Å²) in [6.45, 7) is 4.42. The number of rotatable bonds is 2. The lowest BCUT2D eigenvalue weighted by atomic mass is 9.81. The highest BCUT2D eigenvalue weighted by molar-refractivity contribution is 5.83. The van der Waals surface area contributed by atoms with E-state index in [1.165, 1.54) is 22.3 Å². The van der Waals surface area contributed by atoms with Crippen LogP contribution in [0.15, 0.2) is 66.9 Å². The number of aromatic nitrogens is 3. The van der Waals surface area contributed by atoms with Crippen LogP contribution in [0, 0.1) is 0 Å². The Hall–Kier alpha value is -3.41. The predicted molar refractivity (Wildman–Crippen MR) is 110 cm³/mol. The summed E-state index contributed by atoms with van der Waals surface area (Å²) in [6.07, 6.45) is -2.87. The summed E-state index contributed by atoms with van der Waals surface area (Å²) in [5.41, 5.74) is 6.41. The minimum Gasteiger partial charge on any atom is -0.273 e. The summed E-state index contributed by atoms with van der Waals surface area (Å²) in [6, 6.07) is 19.3. The summed E-state index contributed by atoms with van der Waals surface area (Å²) >= 11 is 0. The number of fused-ring (bicyclic) bond motifs is 3. The topological polar surface area (TPSA) is 41.6 Å². The second kappa shape index (κ2) is 6.29. The molecular weight excluding hydrogens is 387 g/mol. The first kappa shape index (κ1) is 18.6. The van der Waals surface area contributed by atoms with Gasteiger partial charge in [0.1, 0.15) is 11.4 Å². The molecule has 1 aliphatic carbocycles. The van der Waals surface area contributed by atoms with Gasteiger partial charge in [-0.2, -0.15) is 18.3 Å². The van der Waals surface area contributed by atoms with Gasteiger partial charge in [0.25, 0.3) is 0 Å². The highest BCUT2D eigenvalue weighted by Crippen LogP contribution is 2.49. The van der Waals surface area contributed by atoms with Gasteiger partial charge in [-0.25, -0.2) is 0 Å². The summed E-state index contributed by atoms with van der Waals surface area (Å²) in [4.78, 5) is 4.21. The SMILES string of the molecule is CC1(C)c2ccccc2-c2ccc(-c3ccnc(-c4cc(C(F)(F)F)[nH]n4)c3)cc21. The van der Waals surface area contributed by atoms with E-state index < -0.39 is 11.9 Å². The van der Waals surface area contributed by atoms with Crippen molar-refractivity contribution in [2.45, 2.75) is 25.4 Å². The van der Waals surface area contributed by atoms with E-state index in [0.717, 1.165) is 17.2 Å². The van der Waals surface area contributed by atoms with Gasteiger partial charge >= 0.3 is 6.18 Å². The molecule has 0 saturated carbocycles. The van der Waals surface area contributed by atoms with Gasteiger partial charge in [-0.3, -0.25) is 10.1 Å². The van der Waals surface area contributed by atoms with E-state index in [4.69, 9.17) is 0 Å². The first-order valence-corrected chi connectivity index (χ1v) is 9.59. The highest BCUT2D eigenvalue weighted by Gasteiger charge is 2.35. The van der Waals surface area contributed by atoms with Crippen molar-refractivity contribution in [2.24, 2.45) is 0 Å². The Morgan fingerprint density at radius 2 is 1.53 bits per heavy atom. The fraction of sp³-hybridized carbons (Fsp3) is 0.167. The van der Waals surface area contributed by atoms with Crippen molar-refractivity contribution in [1.29, 1.82) is 0 Å². The molecule has 6 heteroatoms. The van der Waals surface area contributed by atoms with Gasteiger partial charge in [-0.15, -0.1) is 0 Å². The number of hydrogen-bond acceptors (Lipinski definition) is 2. The normalized spacial score (nSPS) is 14.4. The van der Waals surface area contributed by atoms with Gasteiger partial charge in [0, 0.05) is 11.6 Å². The zero-order chi connectivity index (χ0) is 21.1. The minimum absolute atomic E-state index is 0.123. The lowest BCUT2D eigenvalue weighted by molar-refractivity contribution is -0.141. The fourth-order valence-corrected chi connectivity index (χ4v) is 4.23. The van der Waals surface area contributed by atoms with E-state index in [1.54, 1.807) is 12.3 Å². The maximum absolute atomic E-state index is 12.9. The maximum Gasteiger partial charge on any atom is 0.432 e. The Morgan fingerprint density at radius 3 is 2.30 bits per heavy atom. The summed E-state index contributed by atoms with van der Waals surface area (Å²) in [5.74, 6) is 0. The molecule has 5 rings (SSSR count). The van der Waals surface area contributed by atoms with Crippen LogP contribution in [0.2, 0.25) is 0 Å². The molecule has 0 radical (unpaired) electrons.